The molecule has 1 heterocycles. The highest BCUT2D eigenvalue weighted by molar-refractivity contribution is 5.44. The summed E-state index contributed by atoms with van der Waals surface area (Å²) < 4.78 is 5.02. The van der Waals surface area contributed by atoms with Crippen molar-refractivity contribution in [3.63, 3.8) is 0 Å². The lowest BCUT2D eigenvalue weighted by atomic mass is 10.2. The smallest absolute Gasteiger partial charge is 0.0931 e. The van der Waals surface area contributed by atoms with Crippen LogP contribution in [-0.2, 0) is 4.74 Å². The molecule has 0 aliphatic rings. The SMILES string of the molecule is COCCN(CCO)c1ccc(C(C)O)nc1. The van der Waals surface area contributed by atoms with Gasteiger partial charge in [0.05, 0.1) is 36.9 Å². The molecule has 0 saturated carbocycles. The van der Waals surface area contributed by atoms with Crippen LogP contribution in [0.2, 0.25) is 0 Å². The molecule has 1 unspecified atom stereocenters. The lowest BCUT2D eigenvalue weighted by Crippen LogP contribution is -2.30. The normalized spacial score (nSPS) is 12.5. The average molecular weight is 240 g/mol. The second-order valence-electron chi connectivity index (χ2n) is 3.82. The zero-order valence-corrected chi connectivity index (χ0v) is 10.3. The number of hydrogen-bond acceptors (Lipinski definition) is 5. The molecule has 0 aliphatic heterocycles. The van der Waals surface area contributed by atoms with Gasteiger partial charge in [-0.05, 0) is 19.1 Å². The van der Waals surface area contributed by atoms with Gasteiger partial charge in [-0.1, -0.05) is 0 Å². The van der Waals surface area contributed by atoms with Gasteiger partial charge in [0.15, 0.2) is 0 Å². The largest absolute Gasteiger partial charge is 0.395 e. The van der Waals surface area contributed by atoms with Gasteiger partial charge in [0.2, 0.25) is 0 Å². The number of ether oxygens (including phenoxy) is 1. The molecule has 17 heavy (non-hydrogen) atoms. The van der Waals surface area contributed by atoms with Gasteiger partial charge >= 0.3 is 0 Å². The molecule has 1 atom stereocenters. The van der Waals surface area contributed by atoms with Crippen molar-refractivity contribution in [1.29, 1.82) is 0 Å². The van der Waals surface area contributed by atoms with E-state index >= 15 is 0 Å². The van der Waals surface area contributed by atoms with E-state index in [4.69, 9.17) is 9.84 Å². The molecule has 0 radical (unpaired) electrons. The van der Waals surface area contributed by atoms with Crippen molar-refractivity contribution in [3.8, 4) is 0 Å². The number of aliphatic hydroxyl groups excluding tert-OH is 2. The summed E-state index contributed by atoms with van der Waals surface area (Å²) >= 11 is 0. The van der Waals surface area contributed by atoms with E-state index in [1.54, 1.807) is 26.3 Å². The molecule has 0 bridgehead atoms. The van der Waals surface area contributed by atoms with Crippen molar-refractivity contribution in [1.82, 2.24) is 4.98 Å². The lowest BCUT2D eigenvalue weighted by molar-refractivity contribution is 0.194. The maximum absolute atomic E-state index is 9.36. The Bertz CT molecular complexity index is 314. The Morgan fingerprint density at radius 3 is 2.65 bits per heavy atom. The Labute approximate surface area is 102 Å². The van der Waals surface area contributed by atoms with Crippen LogP contribution in [0.1, 0.15) is 18.7 Å². The molecule has 96 valence electrons. The van der Waals surface area contributed by atoms with Crippen LogP contribution >= 0.6 is 0 Å². The molecule has 5 nitrogen and oxygen atoms in total. The van der Waals surface area contributed by atoms with Gasteiger partial charge < -0.3 is 19.8 Å². The third-order valence-corrected chi connectivity index (χ3v) is 2.50. The minimum absolute atomic E-state index is 0.0852. The molecule has 1 aromatic rings. The monoisotopic (exact) mass is 240 g/mol. The first-order valence-electron chi connectivity index (χ1n) is 5.67. The molecule has 0 spiro atoms. The molecule has 0 amide bonds. The summed E-state index contributed by atoms with van der Waals surface area (Å²) in [6.45, 7) is 3.60. The minimum atomic E-state index is -0.561. The van der Waals surface area contributed by atoms with Crippen LogP contribution in [0.3, 0.4) is 0 Å². The van der Waals surface area contributed by atoms with Gasteiger partial charge in [0.1, 0.15) is 0 Å². The third kappa shape index (κ3) is 4.30. The average Bonchev–Trinajstić information content (AvgIpc) is 2.34. The van der Waals surface area contributed by atoms with Crippen molar-refractivity contribution < 1.29 is 14.9 Å². The summed E-state index contributed by atoms with van der Waals surface area (Å²) in [4.78, 5) is 6.16. The van der Waals surface area contributed by atoms with Crippen molar-refractivity contribution in [2.45, 2.75) is 13.0 Å². The Morgan fingerprint density at radius 2 is 2.18 bits per heavy atom. The number of methoxy groups -OCH3 is 1. The van der Waals surface area contributed by atoms with Gasteiger partial charge in [-0.3, -0.25) is 4.98 Å². The van der Waals surface area contributed by atoms with E-state index in [2.05, 4.69) is 4.98 Å². The minimum Gasteiger partial charge on any atom is -0.395 e. The summed E-state index contributed by atoms with van der Waals surface area (Å²) in [6, 6.07) is 3.68. The van der Waals surface area contributed by atoms with E-state index in [0.717, 1.165) is 5.69 Å². The number of hydrogen-bond donors (Lipinski definition) is 2. The van der Waals surface area contributed by atoms with Crippen molar-refractivity contribution in [3.05, 3.63) is 24.0 Å². The second kappa shape index (κ2) is 7.21. The Morgan fingerprint density at radius 1 is 1.41 bits per heavy atom. The van der Waals surface area contributed by atoms with E-state index < -0.39 is 6.10 Å². The van der Waals surface area contributed by atoms with Gasteiger partial charge in [-0.15, -0.1) is 0 Å². The van der Waals surface area contributed by atoms with Crippen LogP contribution < -0.4 is 4.90 Å². The number of anilines is 1. The highest BCUT2D eigenvalue weighted by atomic mass is 16.5. The first kappa shape index (κ1) is 13.9. The van der Waals surface area contributed by atoms with Gasteiger partial charge in [-0.25, -0.2) is 0 Å². The summed E-state index contributed by atoms with van der Waals surface area (Å²) in [5, 5.41) is 18.4. The quantitative estimate of drug-likeness (QED) is 0.730. The van der Waals surface area contributed by atoms with Gasteiger partial charge in [-0.2, -0.15) is 0 Å². The molecule has 1 rings (SSSR count). The zero-order valence-electron chi connectivity index (χ0n) is 10.3. The molecule has 1 aromatic heterocycles. The number of nitrogens with zero attached hydrogens (tertiary/aromatic N) is 2. The third-order valence-electron chi connectivity index (χ3n) is 2.50. The molecule has 0 saturated heterocycles. The number of pyridine rings is 1. The Kier molecular flexibility index (Phi) is 5.90. The summed E-state index contributed by atoms with van der Waals surface area (Å²) in [5.74, 6) is 0. The van der Waals surface area contributed by atoms with E-state index in [1.165, 1.54) is 0 Å². The number of rotatable bonds is 7. The molecule has 0 fully saturated rings. The molecular formula is C12H20N2O3. The highest BCUT2D eigenvalue weighted by Crippen LogP contribution is 2.15. The fraction of sp³-hybridized carbons (Fsp3) is 0.583. The van der Waals surface area contributed by atoms with Crippen LogP contribution in [0.15, 0.2) is 18.3 Å². The lowest BCUT2D eigenvalue weighted by Gasteiger charge is -2.23. The molecule has 5 heteroatoms. The van der Waals surface area contributed by atoms with Crippen LogP contribution in [0.4, 0.5) is 5.69 Å². The predicted molar refractivity (Wildman–Crippen MR) is 66.0 cm³/mol. The van der Waals surface area contributed by atoms with E-state index in [1.807, 2.05) is 11.0 Å². The Balaban J connectivity index is 2.72. The summed E-state index contributed by atoms with van der Waals surface area (Å²) in [7, 11) is 1.64. The van der Waals surface area contributed by atoms with E-state index in [0.29, 0.717) is 25.4 Å². The first-order chi connectivity index (χ1) is 8.19. The maximum Gasteiger partial charge on any atom is 0.0931 e. The summed E-state index contributed by atoms with van der Waals surface area (Å²) in [5.41, 5.74) is 1.56. The number of aliphatic hydroxyl groups is 2. The zero-order chi connectivity index (χ0) is 12.7. The first-order valence-corrected chi connectivity index (χ1v) is 5.67. The van der Waals surface area contributed by atoms with Gasteiger partial charge in [0, 0.05) is 20.2 Å². The standard InChI is InChI=1S/C12H20N2O3/c1-10(16)12-4-3-11(9-13-12)14(5-7-15)6-8-17-2/h3-4,9-10,15-16H,5-8H2,1-2H3. The molecule has 0 aliphatic carbocycles. The summed E-state index contributed by atoms with van der Waals surface area (Å²) in [6.07, 6.45) is 1.14. The molecular weight excluding hydrogens is 220 g/mol. The Hall–Kier alpha value is -1.17. The topological polar surface area (TPSA) is 65.8 Å². The van der Waals surface area contributed by atoms with Crippen LogP contribution in [0, 0.1) is 0 Å². The highest BCUT2D eigenvalue weighted by Gasteiger charge is 2.07. The fourth-order valence-electron chi connectivity index (χ4n) is 1.52. The van der Waals surface area contributed by atoms with E-state index in [9.17, 15) is 5.11 Å². The fourth-order valence-corrected chi connectivity index (χ4v) is 1.52. The molecule has 0 aromatic carbocycles. The van der Waals surface area contributed by atoms with Crippen molar-refractivity contribution in [2.75, 3.05) is 38.3 Å². The second-order valence-corrected chi connectivity index (χ2v) is 3.82. The van der Waals surface area contributed by atoms with Crippen LogP contribution in [0.5, 0.6) is 0 Å². The number of aromatic nitrogens is 1. The van der Waals surface area contributed by atoms with Crippen molar-refractivity contribution >= 4 is 5.69 Å². The maximum atomic E-state index is 9.36. The van der Waals surface area contributed by atoms with E-state index in [-0.39, 0.29) is 6.61 Å². The van der Waals surface area contributed by atoms with Crippen molar-refractivity contribution in [2.24, 2.45) is 0 Å². The molecule has 2 N–H and O–H groups in total. The van der Waals surface area contributed by atoms with Crippen LogP contribution in [0.25, 0.3) is 0 Å². The predicted octanol–water partition coefficient (Wildman–Crippen LogP) is 0.580. The van der Waals surface area contributed by atoms with Crippen LogP contribution in [-0.4, -0.2) is 48.6 Å². The van der Waals surface area contributed by atoms with Gasteiger partial charge in [0.25, 0.3) is 0 Å².